The lowest BCUT2D eigenvalue weighted by Crippen LogP contribution is -2.48. The van der Waals surface area contributed by atoms with Gasteiger partial charge in [-0.3, -0.25) is 14.5 Å². The largest absolute Gasteiger partial charge is 0.480 e. The van der Waals surface area contributed by atoms with Gasteiger partial charge in [0.25, 0.3) is 0 Å². The number of carbonyl (C=O) groups is 2. The first-order valence-electron chi connectivity index (χ1n) is 6.89. The number of carboxylic acids is 1. The van der Waals surface area contributed by atoms with Crippen molar-refractivity contribution in [3.8, 4) is 0 Å². The number of carboxylic acid groups (broad SMARTS) is 1. The first-order valence-corrected chi connectivity index (χ1v) is 6.89. The van der Waals surface area contributed by atoms with E-state index in [4.69, 9.17) is 9.84 Å². The van der Waals surface area contributed by atoms with Gasteiger partial charge in [0.15, 0.2) is 0 Å². The quantitative estimate of drug-likeness (QED) is 0.671. The number of hydrogen-bond acceptors (Lipinski definition) is 4. The Morgan fingerprint density at radius 1 is 1.53 bits per heavy atom. The zero-order chi connectivity index (χ0) is 14.3. The van der Waals surface area contributed by atoms with Gasteiger partial charge in [0, 0.05) is 13.2 Å². The highest BCUT2D eigenvalue weighted by atomic mass is 16.5. The van der Waals surface area contributed by atoms with Crippen LogP contribution in [-0.2, 0) is 14.3 Å². The van der Waals surface area contributed by atoms with E-state index in [0.29, 0.717) is 13.1 Å². The van der Waals surface area contributed by atoms with Crippen molar-refractivity contribution in [3.63, 3.8) is 0 Å². The normalized spacial score (nSPS) is 20.5. The molecule has 6 nitrogen and oxygen atoms in total. The van der Waals surface area contributed by atoms with Gasteiger partial charge in [-0.1, -0.05) is 6.92 Å². The highest BCUT2D eigenvalue weighted by molar-refractivity contribution is 5.82. The lowest BCUT2D eigenvalue weighted by Gasteiger charge is -2.26. The molecule has 0 bridgehead atoms. The average molecular weight is 272 g/mol. The molecule has 1 rings (SSSR count). The van der Waals surface area contributed by atoms with Gasteiger partial charge in [-0.15, -0.1) is 0 Å². The molecule has 0 aromatic heterocycles. The van der Waals surface area contributed by atoms with E-state index in [1.54, 1.807) is 11.8 Å². The topological polar surface area (TPSA) is 78.9 Å². The maximum absolute atomic E-state index is 12.0. The van der Waals surface area contributed by atoms with Gasteiger partial charge in [0.1, 0.15) is 0 Å². The summed E-state index contributed by atoms with van der Waals surface area (Å²) in [6.07, 6.45) is 2.94. The molecule has 0 saturated carbocycles. The minimum absolute atomic E-state index is 0.107. The predicted molar refractivity (Wildman–Crippen MR) is 70.9 cm³/mol. The molecule has 1 aliphatic rings. The summed E-state index contributed by atoms with van der Waals surface area (Å²) in [5.41, 5.74) is 0. The van der Waals surface area contributed by atoms with Crippen molar-refractivity contribution in [2.45, 2.75) is 45.3 Å². The molecule has 1 fully saturated rings. The van der Waals surface area contributed by atoms with Crippen molar-refractivity contribution in [2.75, 3.05) is 26.2 Å². The van der Waals surface area contributed by atoms with Gasteiger partial charge in [-0.2, -0.15) is 0 Å². The fourth-order valence-corrected chi connectivity index (χ4v) is 2.20. The average Bonchev–Trinajstić information content (AvgIpc) is 2.87. The molecule has 2 unspecified atom stereocenters. The van der Waals surface area contributed by atoms with Crippen molar-refractivity contribution < 1.29 is 19.4 Å². The SMILES string of the molecule is CCCN(CC(=O)O)C(C)C(=O)NCC1CCCO1. The van der Waals surface area contributed by atoms with Crippen LogP contribution in [0.25, 0.3) is 0 Å². The van der Waals surface area contributed by atoms with Crippen LogP contribution in [0.15, 0.2) is 0 Å². The monoisotopic (exact) mass is 272 g/mol. The lowest BCUT2D eigenvalue weighted by atomic mass is 10.2. The predicted octanol–water partition coefficient (Wildman–Crippen LogP) is 0.467. The summed E-state index contributed by atoms with van der Waals surface area (Å²) >= 11 is 0. The summed E-state index contributed by atoms with van der Waals surface area (Å²) in [6.45, 7) is 5.46. The fourth-order valence-electron chi connectivity index (χ4n) is 2.20. The van der Waals surface area contributed by atoms with Crippen LogP contribution in [-0.4, -0.2) is 60.3 Å². The summed E-state index contributed by atoms with van der Waals surface area (Å²) < 4.78 is 5.43. The van der Waals surface area contributed by atoms with Crippen molar-refractivity contribution in [1.29, 1.82) is 0 Å². The van der Waals surface area contributed by atoms with Crippen LogP contribution in [0.5, 0.6) is 0 Å². The van der Waals surface area contributed by atoms with Crippen molar-refractivity contribution in [3.05, 3.63) is 0 Å². The summed E-state index contributed by atoms with van der Waals surface area (Å²) in [5.74, 6) is -1.04. The Labute approximate surface area is 114 Å². The Kier molecular flexibility index (Phi) is 6.80. The van der Waals surface area contributed by atoms with Crippen LogP contribution in [0.1, 0.15) is 33.1 Å². The number of amides is 1. The molecule has 2 atom stereocenters. The number of aliphatic carboxylic acids is 1. The van der Waals surface area contributed by atoms with Gasteiger partial charge in [0.05, 0.1) is 18.7 Å². The molecule has 110 valence electrons. The maximum Gasteiger partial charge on any atom is 0.317 e. The maximum atomic E-state index is 12.0. The van der Waals surface area contributed by atoms with E-state index in [0.717, 1.165) is 25.9 Å². The molecule has 19 heavy (non-hydrogen) atoms. The molecule has 0 spiro atoms. The van der Waals surface area contributed by atoms with Gasteiger partial charge in [0.2, 0.25) is 5.91 Å². The van der Waals surface area contributed by atoms with Crippen LogP contribution in [0, 0.1) is 0 Å². The van der Waals surface area contributed by atoms with Gasteiger partial charge in [-0.05, 0) is 32.7 Å². The minimum atomic E-state index is -0.910. The number of rotatable bonds is 8. The number of nitrogens with one attached hydrogen (secondary N) is 1. The second-order valence-electron chi connectivity index (χ2n) is 4.92. The van der Waals surface area contributed by atoms with E-state index >= 15 is 0 Å². The van der Waals surface area contributed by atoms with Crippen LogP contribution in [0.4, 0.5) is 0 Å². The molecule has 0 radical (unpaired) electrons. The Morgan fingerprint density at radius 2 is 2.26 bits per heavy atom. The van der Waals surface area contributed by atoms with E-state index in [-0.39, 0.29) is 18.6 Å². The molecule has 0 aromatic carbocycles. The van der Waals surface area contributed by atoms with Crippen LogP contribution in [0.3, 0.4) is 0 Å². The number of hydrogen-bond donors (Lipinski definition) is 2. The molecule has 1 aliphatic heterocycles. The Hall–Kier alpha value is -1.14. The zero-order valence-electron chi connectivity index (χ0n) is 11.7. The third-order valence-corrected chi connectivity index (χ3v) is 3.30. The number of nitrogens with zero attached hydrogens (tertiary/aromatic N) is 1. The molecule has 2 N–H and O–H groups in total. The highest BCUT2D eigenvalue weighted by Crippen LogP contribution is 2.10. The molecule has 6 heteroatoms. The molecule has 0 aromatic rings. The molecule has 1 heterocycles. The van der Waals surface area contributed by atoms with E-state index < -0.39 is 12.0 Å². The highest BCUT2D eigenvalue weighted by Gasteiger charge is 2.24. The second kappa shape index (κ2) is 8.12. The van der Waals surface area contributed by atoms with Crippen molar-refractivity contribution in [1.82, 2.24) is 10.2 Å². The Morgan fingerprint density at radius 3 is 2.79 bits per heavy atom. The smallest absolute Gasteiger partial charge is 0.317 e. The van der Waals surface area contributed by atoms with Gasteiger partial charge < -0.3 is 15.2 Å². The first kappa shape index (κ1) is 15.9. The Balaban J connectivity index is 2.40. The number of carbonyl (C=O) groups excluding carboxylic acids is 1. The Bertz CT molecular complexity index is 303. The van der Waals surface area contributed by atoms with E-state index in [1.807, 2.05) is 6.92 Å². The number of ether oxygens (including phenoxy) is 1. The third kappa shape index (κ3) is 5.57. The summed E-state index contributed by atoms with van der Waals surface area (Å²) in [5, 5.41) is 11.7. The second-order valence-corrected chi connectivity index (χ2v) is 4.92. The molecule has 0 aliphatic carbocycles. The van der Waals surface area contributed by atoms with Crippen LogP contribution >= 0.6 is 0 Å². The van der Waals surface area contributed by atoms with Crippen molar-refractivity contribution in [2.24, 2.45) is 0 Å². The van der Waals surface area contributed by atoms with Gasteiger partial charge >= 0.3 is 5.97 Å². The van der Waals surface area contributed by atoms with E-state index in [9.17, 15) is 9.59 Å². The molecular formula is C13H24N2O4. The van der Waals surface area contributed by atoms with E-state index in [1.165, 1.54) is 0 Å². The summed E-state index contributed by atoms with van der Waals surface area (Å²) in [6, 6.07) is -0.433. The standard InChI is InChI=1S/C13H24N2O4/c1-3-6-15(9-12(16)17)10(2)13(18)14-8-11-5-4-7-19-11/h10-11H,3-9H2,1-2H3,(H,14,18)(H,16,17). The molecule has 1 saturated heterocycles. The summed E-state index contributed by atoms with van der Waals surface area (Å²) in [7, 11) is 0. The minimum Gasteiger partial charge on any atom is -0.480 e. The van der Waals surface area contributed by atoms with Crippen LogP contribution in [0.2, 0.25) is 0 Å². The van der Waals surface area contributed by atoms with Crippen molar-refractivity contribution >= 4 is 11.9 Å². The first-order chi connectivity index (χ1) is 9.04. The van der Waals surface area contributed by atoms with Gasteiger partial charge in [-0.25, -0.2) is 0 Å². The fraction of sp³-hybridized carbons (Fsp3) is 0.846. The van der Waals surface area contributed by atoms with E-state index in [2.05, 4.69) is 5.32 Å². The summed E-state index contributed by atoms with van der Waals surface area (Å²) in [4.78, 5) is 24.5. The molecular weight excluding hydrogens is 248 g/mol. The molecule has 1 amide bonds. The third-order valence-electron chi connectivity index (χ3n) is 3.30. The lowest BCUT2D eigenvalue weighted by molar-refractivity contribution is -0.139. The van der Waals surface area contributed by atoms with Crippen LogP contribution < -0.4 is 5.32 Å². The zero-order valence-corrected chi connectivity index (χ0v) is 11.7.